The molecule has 2 aromatic carbocycles. The number of rotatable bonds is 7. The maximum absolute atomic E-state index is 14.8. The molecule has 2 heterocycles. The van der Waals surface area contributed by atoms with Gasteiger partial charge >= 0.3 is 0 Å². The minimum absolute atomic E-state index is 0.0277. The number of nitrogens with zero attached hydrogens (tertiary/aromatic N) is 2. The van der Waals surface area contributed by atoms with E-state index in [9.17, 15) is 9.18 Å². The largest absolute Gasteiger partial charge is 0.379 e. The Balaban J connectivity index is 1.35. The molecule has 1 aliphatic heterocycles. The summed E-state index contributed by atoms with van der Waals surface area (Å²) in [7, 11) is 0. The number of aromatic nitrogens is 1. The lowest BCUT2D eigenvalue weighted by molar-refractivity contribution is -0.116. The molecule has 2 N–H and O–H groups in total. The SMILES string of the molecule is O=C(CCN1CCOCC1)Nc1cccc(CNc2ccc3c(Cl)ccnc3c2F)c1. The topological polar surface area (TPSA) is 66.5 Å². The van der Waals surface area contributed by atoms with Crippen molar-refractivity contribution in [1.82, 2.24) is 9.88 Å². The molecule has 8 heteroatoms. The molecule has 0 bridgehead atoms. The van der Waals surface area contributed by atoms with Gasteiger partial charge in [-0.3, -0.25) is 14.7 Å². The highest BCUT2D eigenvalue weighted by molar-refractivity contribution is 6.35. The van der Waals surface area contributed by atoms with Gasteiger partial charge in [-0.25, -0.2) is 4.39 Å². The average Bonchev–Trinajstić information content (AvgIpc) is 2.79. The van der Waals surface area contributed by atoms with Gasteiger partial charge in [-0.05, 0) is 35.9 Å². The first-order valence-electron chi connectivity index (χ1n) is 10.3. The van der Waals surface area contributed by atoms with E-state index in [-0.39, 0.29) is 11.4 Å². The van der Waals surface area contributed by atoms with Gasteiger partial charge in [0.15, 0.2) is 5.82 Å². The number of pyridine rings is 1. The van der Waals surface area contributed by atoms with Crippen LogP contribution in [-0.2, 0) is 16.1 Å². The minimum atomic E-state index is -0.437. The summed E-state index contributed by atoms with van der Waals surface area (Å²) in [5, 5.41) is 7.08. The highest BCUT2D eigenvalue weighted by atomic mass is 35.5. The summed E-state index contributed by atoms with van der Waals surface area (Å²) in [5.41, 5.74) is 2.23. The first-order valence-corrected chi connectivity index (χ1v) is 10.6. The van der Waals surface area contributed by atoms with Crippen molar-refractivity contribution in [2.45, 2.75) is 13.0 Å². The van der Waals surface area contributed by atoms with Gasteiger partial charge in [0.1, 0.15) is 5.52 Å². The number of fused-ring (bicyclic) bond motifs is 1. The molecular formula is C23H24ClFN4O2. The minimum Gasteiger partial charge on any atom is -0.379 e. The van der Waals surface area contributed by atoms with Gasteiger partial charge in [-0.1, -0.05) is 23.7 Å². The molecule has 31 heavy (non-hydrogen) atoms. The highest BCUT2D eigenvalue weighted by Gasteiger charge is 2.13. The van der Waals surface area contributed by atoms with Crippen LogP contribution in [0.2, 0.25) is 5.02 Å². The first kappa shape index (κ1) is 21.5. The molecule has 0 aliphatic carbocycles. The van der Waals surface area contributed by atoms with Gasteiger partial charge < -0.3 is 15.4 Å². The number of carbonyl (C=O) groups excluding carboxylic acids is 1. The number of morpholine rings is 1. The van der Waals surface area contributed by atoms with E-state index in [0.29, 0.717) is 29.1 Å². The van der Waals surface area contributed by atoms with Crippen LogP contribution in [0.1, 0.15) is 12.0 Å². The Kier molecular flexibility index (Phi) is 6.96. The summed E-state index contributed by atoms with van der Waals surface area (Å²) in [6.45, 7) is 4.29. The maximum atomic E-state index is 14.8. The molecule has 162 valence electrons. The van der Waals surface area contributed by atoms with Gasteiger partial charge in [0.2, 0.25) is 5.91 Å². The molecule has 0 unspecified atom stereocenters. The zero-order chi connectivity index (χ0) is 21.6. The lowest BCUT2D eigenvalue weighted by atomic mass is 10.1. The zero-order valence-corrected chi connectivity index (χ0v) is 17.8. The second-order valence-corrected chi connectivity index (χ2v) is 7.83. The Morgan fingerprint density at radius 1 is 1.19 bits per heavy atom. The third-order valence-electron chi connectivity index (χ3n) is 5.25. The van der Waals surface area contributed by atoms with Crippen molar-refractivity contribution >= 4 is 39.8 Å². The number of halogens is 2. The second-order valence-electron chi connectivity index (χ2n) is 7.42. The Morgan fingerprint density at radius 3 is 2.87 bits per heavy atom. The number of ether oxygens (including phenoxy) is 1. The van der Waals surface area contributed by atoms with E-state index in [1.807, 2.05) is 24.3 Å². The zero-order valence-electron chi connectivity index (χ0n) is 17.0. The van der Waals surface area contributed by atoms with Gasteiger partial charge in [0, 0.05) is 49.9 Å². The fourth-order valence-electron chi connectivity index (χ4n) is 3.55. The van der Waals surface area contributed by atoms with E-state index in [1.165, 1.54) is 6.20 Å². The Morgan fingerprint density at radius 2 is 2.03 bits per heavy atom. The molecule has 4 rings (SSSR count). The Hall–Kier alpha value is -2.74. The lowest BCUT2D eigenvalue weighted by Gasteiger charge is -2.26. The number of hydrogen-bond donors (Lipinski definition) is 2. The van der Waals surface area contributed by atoms with E-state index in [4.69, 9.17) is 16.3 Å². The fraction of sp³-hybridized carbons (Fsp3) is 0.304. The van der Waals surface area contributed by atoms with Crippen molar-refractivity contribution in [2.75, 3.05) is 43.5 Å². The van der Waals surface area contributed by atoms with Crippen LogP contribution in [-0.4, -0.2) is 48.6 Å². The number of benzene rings is 2. The summed E-state index contributed by atoms with van der Waals surface area (Å²) in [6, 6.07) is 12.6. The fourth-order valence-corrected chi connectivity index (χ4v) is 3.76. The van der Waals surface area contributed by atoms with Crippen LogP contribution in [0.5, 0.6) is 0 Å². The summed E-state index contributed by atoms with van der Waals surface area (Å²) < 4.78 is 20.1. The lowest BCUT2D eigenvalue weighted by Crippen LogP contribution is -2.38. The number of carbonyl (C=O) groups is 1. The maximum Gasteiger partial charge on any atom is 0.225 e. The molecule has 1 aromatic heterocycles. The van der Waals surface area contributed by atoms with Crippen molar-refractivity contribution in [3.63, 3.8) is 0 Å². The molecule has 1 aliphatic rings. The highest BCUT2D eigenvalue weighted by Crippen LogP contribution is 2.28. The van der Waals surface area contributed by atoms with Crippen molar-refractivity contribution in [3.8, 4) is 0 Å². The number of anilines is 2. The molecule has 0 radical (unpaired) electrons. The van der Waals surface area contributed by atoms with Crippen LogP contribution >= 0.6 is 11.6 Å². The van der Waals surface area contributed by atoms with Gasteiger partial charge in [0.05, 0.1) is 23.9 Å². The molecule has 0 spiro atoms. The predicted octanol–water partition coefficient (Wildman–Crippen LogP) is 4.30. The molecule has 1 saturated heterocycles. The molecule has 6 nitrogen and oxygen atoms in total. The molecular weight excluding hydrogens is 419 g/mol. The summed E-state index contributed by atoms with van der Waals surface area (Å²) in [4.78, 5) is 18.6. The van der Waals surface area contributed by atoms with Crippen molar-refractivity contribution in [2.24, 2.45) is 0 Å². The number of nitrogens with one attached hydrogen (secondary N) is 2. The molecule has 0 atom stereocenters. The summed E-state index contributed by atoms with van der Waals surface area (Å²) in [5.74, 6) is -0.465. The Bertz CT molecular complexity index is 1070. The van der Waals surface area contributed by atoms with E-state index >= 15 is 0 Å². The third kappa shape index (κ3) is 5.50. The van der Waals surface area contributed by atoms with Crippen LogP contribution < -0.4 is 10.6 Å². The standard InChI is InChI=1S/C23H24ClFN4O2/c24-19-6-8-26-23-18(19)4-5-20(22(23)25)27-15-16-2-1-3-17(14-16)28-21(30)7-9-29-10-12-31-13-11-29/h1-6,8,14,27H,7,9-13,15H2,(H,28,30). The summed E-state index contributed by atoms with van der Waals surface area (Å²) in [6.07, 6.45) is 1.92. The average molecular weight is 443 g/mol. The van der Waals surface area contributed by atoms with Crippen molar-refractivity contribution < 1.29 is 13.9 Å². The number of amides is 1. The van der Waals surface area contributed by atoms with E-state index in [2.05, 4.69) is 20.5 Å². The van der Waals surface area contributed by atoms with Crippen molar-refractivity contribution in [3.05, 3.63) is 65.1 Å². The molecule has 0 saturated carbocycles. The van der Waals surface area contributed by atoms with Gasteiger partial charge in [0.25, 0.3) is 0 Å². The van der Waals surface area contributed by atoms with Crippen molar-refractivity contribution in [1.29, 1.82) is 0 Å². The van der Waals surface area contributed by atoms with Gasteiger partial charge in [-0.2, -0.15) is 0 Å². The first-order chi connectivity index (χ1) is 15.1. The smallest absolute Gasteiger partial charge is 0.225 e. The van der Waals surface area contributed by atoms with E-state index in [0.717, 1.165) is 44.1 Å². The number of hydrogen-bond acceptors (Lipinski definition) is 5. The van der Waals surface area contributed by atoms with E-state index in [1.54, 1.807) is 18.2 Å². The second kappa shape index (κ2) is 10.0. The quantitative estimate of drug-likeness (QED) is 0.571. The van der Waals surface area contributed by atoms with Crippen LogP contribution in [0.4, 0.5) is 15.8 Å². The van der Waals surface area contributed by atoms with Gasteiger partial charge in [-0.15, -0.1) is 0 Å². The Labute approximate surface area is 185 Å². The van der Waals surface area contributed by atoms with Crippen LogP contribution in [0.15, 0.2) is 48.7 Å². The van der Waals surface area contributed by atoms with E-state index < -0.39 is 5.82 Å². The van der Waals surface area contributed by atoms with Crippen LogP contribution in [0, 0.1) is 5.82 Å². The van der Waals surface area contributed by atoms with Crippen LogP contribution in [0.25, 0.3) is 10.9 Å². The molecule has 3 aromatic rings. The molecule has 1 fully saturated rings. The summed E-state index contributed by atoms with van der Waals surface area (Å²) >= 11 is 6.11. The monoisotopic (exact) mass is 442 g/mol. The normalized spacial score (nSPS) is 14.5. The molecule has 1 amide bonds. The predicted molar refractivity (Wildman–Crippen MR) is 121 cm³/mol. The van der Waals surface area contributed by atoms with Crippen LogP contribution in [0.3, 0.4) is 0 Å². The third-order valence-corrected chi connectivity index (χ3v) is 5.58.